The number of sulfonamides is 1. The Bertz CT molecular complexity index is 1450. The number of aromatic nitrogens is 1. The van der Waals surface area contributed by atoms with E-state index >= 15 is 0 Å². The summed E-state index contributed by atoms with van der Waals surface area (Å²) in [5.74, 6) is 2.18. The predicted octanol–water partition coefficient (Wildman–Crippen LogP) is 3.49. The van der Waals surface area contributed by atoms with E-state index in [1.54, 1.807) is 0 Å². The monoisotopic (exact) mass is 497 g/mol. The van der Waals surface area contributed by atoms with Crippen molar-refractivity contribution in [1.29, 1.82) is 0 Å². The largest absolute Gasteiger partial charge is 0.373 e. The molecule has 1 aliphatic heterocycles. The highest BCUT2D eigenvalue weighted by atomic mass is 32.2. The van der Waals surface area contributed by atoms with Crippen molar-refractivity contribution < 1.29 is 17.9 Å². The molecule has 0 radical (unpaired) electrons. The molecule has 0 aliphatic carbocycles. The van der Waals surface area contributed by atoms with E-state index in [4.69, 9.17) is 11.2 Å². The molecule has 7 nitrogen and oxygen atoms in total. The van der Waals surface area contributed by atoms with E-state index in [1.807, 2.05) is 38.3 Å². The van der Waals surface area contributed by atoms with E-state index < -0.39 is 15.9 Å². The van der Waals surface area contributed by atoms with Crippen molar-refractivity contribution >= 4 is 37.5 Å². The fourth-order valence-corrected chi connectivity index (χ4v) is 6.91. The highest BCUT2D eigenvalue weighted by Crippen LogP contribution is 2.24. The molecule has 0 bridgehead atoms. The maximum absolute atomic E-state index is 13.1. The Kier molecular flexibility index (Phi) is 6.78. The van der Waals surface area contributed by atoms with Crippen molar-refractivity contribution in [1.82, 2.24) is 8.87 Å². The van der Waals surface area contributed by atoms with Crippen molar-refractivity contribution in [3.8, 4) is 12.3 Å². The summed E-state index contributed by atoms with van der Waals surface area (Å²) in [7, 11) is -3.68. The van der Waals surface area contributed by atoms with Crippen molar-refractivity contribution in [3.63, 3.8) is 0 Å². The Morgan fingerprint density at radius 1 is 1.18 bits per heavy atom. The van der Waals surface area contributed by atoms with Crippen LogP contribution in [0.3, 0.4) is 0 Å². The molecule has 0 N–H and O–H groups in total. The van der Waals surface area contributed by atoms with Crippen LogP contribution in [0.2, 0.25) is 0 Å². The molecular formula is C25H27N3O4S2. The van der Waals surface area contributed by atoms with Crippen molar-refractivity contribution in [2.75, 3.05) is 13.1 Å². The number of ether oxygens (including phenoxy) is 1. The molecule has 1 amide bonds. The smallest absolute Gasteiger partial charge is 0.279 e. The van der Waals surface area contributed by atoms with Crippen LogP contribution in [0.15, 0.2) is 46.3 Å². The van der Waals surface area contributed by atoms with Gasteiger partial charge in [0.2, 0.25) is 10.0 Å². The van der Waals surface area contributed by atoms with E-state index in [9.17, 15) is 13.2 Å². The van der Waals surface area contributed by atoms with E-state index in [2.05, 4.69) is 17.0 Å². The molecule has 0 saturated carbocycles. The maximum Gasteiger partial charge on any atom is 0.279 e. The number of rotatable bonds is 4. The number of carbonyl (C=O) groups excluding carboxylic acids is 1. The normalized spacial score (nSPS) is 19.9. The average molecular weight is 498 g/mol. The van der Waals surface area contributed by atoms with Crippen molar-refractivity contribution in [2.45, 2.75) is 51.3 Å². The van der Waals surface area contributed by atoms with Gasteiger partial charge in [-0.2, -0.15) is 9.30 Å². The first-order valence-corrected chi connectivity index (χ1v) is 13.2. The molecule has 2 atom stereocenters. The molecule has 2 unspecified atom stereocenters. The summed E-state index contributed by atoms with van der Waals surface area (Å²) in [6.07, 6.45) is 5.21. The van der Waals surface area contributed by atoms with Crippen molar-refractivity contribution in [2.24, 2.45) is 4.99 Å². The lowest BCUT2D eigenvalue weighted by atomic mass is 10.1. The number of hydrogen-bond acceptors (Lipinski definition) is 5. The number of hydrogen-bond donors (Lipinski definition) is 0. The molecule has 34 heavy (non-hydrogen) atoms. The Hall–Kier alpha value is -2.77. The highest BCUT2D eigenvalue weighted by Gasteiger charge is 2.32. The molecule has 178 valence electrons. The van der Waals surface area contributed by atoms with Crippen LogP contribution < -0.4 is 4.80 Å². The van der Waals surface area contributed by atoms with Crippen LogP contribution in [0, 0.1) is 26.2 Å². The zero-order valence-corrected chi connectivity index (χ0v) is 21.2. The minimum absolute atomic E-state index is 0.140. The van der Waals surface area contributed by atoms with Gasteiger partial charge < -0.3 is 9.30 Å². The number of terminal acetylenes is 1. The first-order valence-electron chi connectivity index (χ1n) is 11.0. The fraction of sp³-hybridized carbons (Fsp3) is 0.360. The standard InChI is InChI=1S/C25H27N3O4S2/c1-6-11-28-22-13-16(2)12-17(3)23(22)33-25(28)26-24(29)20-7-9-21(10-8-20)34(30,31)27-14-18(4)32-19(5)15-27/h1,7-10,12-13,18-19H,11,14-15H2,2-5H3. The van der Waals surface area contributed by atoms with Gasteiger partial charge in [-0.25, -0.2) is 8.42 Å². The van der Waals surface area contributed by atoms with E-state index in [-0.39, 0.29) is 17.1 Å². The van der Waals surface area contributed by atoms with Crippen LogP contribution in [0.5, 0.6) is 0 Å². The molecular weight excluding hydrogens is 470 g/mol. The van der Waals surface area contributed by atoms with Crippen LogP contribution in [0.4, 0.5) is 0 Å². The lowest BCUT2D eigenvalue weighted by Crippen LogP contribution is -2.48. The second-order valence-electron chi connectivity index (χ2n) is 8.63. The Morgan fingerprint density at radius 2 is 1.82 bits per heavy atom. The zero-order valence-electron chi connectivity index (χ0n) is 19.6. The molecule has 3 aromatic rings. The number of amides is 1. The quantitative estimate of drug-likeness (QED) is 0.517. The first kappa shape index (κ1) is 24.4. The van der Waals surface area contributed by atoms with E-state index in [0.717, 1.165) is 21.3 Å². The van der Waals surface area contributed by atoms with Gasteiger partial charge in [0.05, 0.1) is 33.9 Å². The van der Waals surface area contributed by atoms with Gasteiger partial charge in [0.25, 0.3) is 5.91 Å². The van der Waals surface area contributed by atoms with E-state index in [1.165, 1.54) is 39.9 Å². The van der Waals surface area contributed by atoms with Crippen LogP contribution in [0.1, 0.15) is 35.3 Å². The number of benzene rings is 2. The molecule has 1 aliphatic rings. The molecule has 0 spiro atoms. The fourth-order valence-electron chi connectivity index (χ4n) is 4.24. The summed E-state index contributed by atoms with van der Waals surface area (Å²) in [6, 6.07) is 10.0. The first-order chi connectivity index (χ1) is 16.1. The van der Waals surface area contributed by atoms with Gasteiger partial charge in [-0.1, -0.05) is 23.3 Å². The number of carbonyl (C=O) groups is 1. The third-order valence-corrected chi connectivity index (χ3v) is 8.76. The van der Waals surface area contributed by atoms with E-state index in [0.29, 0.717) is 30.0 Å². The predicted molar refractivity (Wildman–Crippen MR) is 133 cm³/mol. The molecule has 1 saturated heterocycles. The van der Waals surface area contributed by atoms with Gasteiger partial charge in [0, 0.05) is 18.7 Å². The van der Waals surface area contributed by atoms with Crippen molar-refractivity contribution in [3.05, 3.63) is 57.9 Å². The van der Waals surface area contributed by atoms with Gasteiger partial charge >= 0.3 is 0 Å². The molecule has 1 aromatic heterocycles. The number of nitrogens with zero attached hydrogens (tertiary/aromatic N) is 3. The topological polar surface area (TPSA) is 81.0 Å². The van der Waals surface area contributed by atoms with Crippen LogP contribution in [-0.4, -0.2) is 48.5 Å². The van der Waals surface area contributed by atoms with Crippen LogP contribution >= 0.6 is 11.3 Å². The van der Waals surface area contributed by atoms with Gasteiger partial charge in [0.15, 0.2) is 4.80 Å². The molecule has 1 fully saturated rings. The number of thiazole rings is 1. The summed E-state index contributed by atoms with van der Waals surface area (Å²) in [6.45, 7) is 8.62. The zero-order chi connectivity index (χ0) is 24.6. The van der Waals surface area contributed by atoms with Gasteiger partial charge in [-0.15, -0.1) is 6.42 Å². The minimum Gasteiger partial charge on any atom is -0.373 e. The molecule has 9 heteroatoms. The number of morpholine rings is 1. The number of fused-ring (bicyclic) bond motifs is 1. The van der Waals surface area contributed by atoms with Gasteiger partial charge in [0.1, 0.15) is 0 Å². The lowest BCUT2D eigenvalue weighted by Gasteiger charge is -2.34. The Labute approximate surface area is 203 Å². The lowest BCUT2D eigenvalue weighted by molar-refractivity contribution is -0.0440. The van der Waals surface area contributed by atoms with Gasteiger partial charge in [-0.05, 0) is 69.2 Å². The summed E-state index contributed by atoms with van der Waals surface area (Å²) in [5, 5.41) is 0. The average Bonchev–Trinajstić information content (AvgIpc) is 3.11. The number of aryl methyl sites for hydroxylation is 2. The third kappa shape index (κ3) is 4.72. The maximum atomic E-state index is 13.1. The third-order valence-electron chi connectivity index (χ3n) is 5.69. The second kappa shape index (κ2) is 9.47. The summed E-state index contributed by atoms with van der Waals surface area (Å²) in [4.78, 5) is 17.9. The Morgan fingerprint density at radius 3 is 2.44 bits per heavy atom. The summed E-state index contributed by atoms with van der Waals surface area (Å²) < 4.78 is 36.1. The molecule has 4 rings (SSSR count). The van der Waals surface area contributed by atoms with Crippen LogP contribution in [-0.2, 0) is 21.3 Å². The summed E-state index contributed by atoms with van der Waals surface area (Å²) >= 11 is 1.41. The second-order valence-corrected chi connectivity index (χ2v) is 11.5. The molecule has 2 aromatic carbocycles. The molecule has 2 heterocycles. The Balaban J connectivity index is 1.66. The SMILES string of the molecule is C#CCn1c(=NC(=O)c2ccc(S(=O)(=O)N3CC(C)OC(C)C3)cc2)sc2c(C)cc(C)cc21. The summed E-state index contributed by atoms with van der Waals surface area (Å²) in [5.41, 5.74) is 3.45. The van der Waals surface area contributed by atoms with Gasteiger partial charge in [-0.3, -0.25) is 4.79 Å². The van der Waals surface area contributed by atoms with Crippen LogP contribution in [0.25, 0.3) is 10.2 Å². The highest BCUT2D eigenvalue weighted by molar-refractivity contribution is 7.89. The minimum atomic E-state index is -3.68.